The Labute approximate surface area is 242 Å². The van der Waals surface area contributed by atoms with E-state index in [2.05, 4.69) is 5.32 Å². The summed E-state index contributed by atoms with van der Waals surface area (Å²) in [7, 11) is 2.68. The Bertz CT molecular complexity index is 1530. The molecule has 0 atom stereocenters. The molecule has 8 nitrogen and oxygen atoms in total. The van der Waals surface area contributed by atoms with Gasteiger partial charge in [0.25, 0.3) is 11.1 Å². The number of nitrogens with zero attached hydrogens (tertiary/aromatic N) is 1. The van der Waals surface area contributed by atoms with Crippen LogP contribution < -0.4 is 19.5 Å². The molecular weight excluding hydrogens is 585 g/mol. The van der Waals surface area contributed by atoms with Crippen molar-refractivity contribution in [1.29, 1.82) is 0 Å². The topological polar surface area (TPSA) is 94.2 Å². The van der Waals surface area contributed by atoms with Crippen molar-refractivity contribution >= 4 is 52.2 Å². The van der Waals surface area contributed by atoms with Gasteiger partial charge < -0.3 is 19.5 Å². The van der Waals surface area contributed by atoms with Crippen LogP contribution in [0.15, 0.2) is 65.6 Å². The largest absolute Gasteiger partial charge is 0.495 e. The van der Waals surface area contributed by atoms with Gasteiger partial charge in [-0.25, -0.2) is 0 Å². The Balaban J connectivity index is 1.45. The van der Waals surface area contributed by atoms with Gasteiger partial charge in [0.15, 0.2) is 11.5 Å². The predicted octanol–water partition coefficient (Wildman–Crippen LogP) is 6.63. The van der Waals surface area contributed by atoms with Gasteiger partial charge in [-0.15, -0.1) is 0 Å². The van der Waals surface area contributed by atoms with Crippen LogP contribution in [0.5, 0.6) is 17.2 Å². The highest BCUT2D eigenvalue weighted by molar-refractivity contribution is 8.18. The highest BCUT2D eigenvalue weighted by Crippen LogP contribution is 2.37. The molecule has 0 bridgehead atoms. The first-order valence-corrected chi connectivity index (χ1v) is 13.0. The molecule has 4 rings (SSSR count). The molecule has 1 N–H and O–H groups in total. The second-order valence-corrected chi connectivity index (χ2v) is 9.92. The van der Waals surface area contributed by atoms with E-state index < -0.39 is 35.3 Å². The molecule has 13 heteroatoms. The molecule has 3 aromatic rings. The first-order chi connectivity index (χ1) is 19.5. The number of carbonyl (C=O) groups excluding carboxylic acids is 3. The zero-order valence-corrected chi connectivity index (χ0v) is 23.2. The Morgan fingerprint density at radius 2 is 1.71 bits per heavy atom. The molecule has 0 aromatic heterocycles. The van der Waals surface area contributed by atoms with Crippen LogP contribution in [0.4, 0.5) is 23.7 Å². The first-order valence-electron chi connectivity index (χ1n) is 11.8. The number of nitrogens with one attached hydrogen (secondary N) is 1. The van der Waals surface area contributed by atoms with Crippen LogP contribution in [0, 0.1) is 0 Å². The summed E-state index contributed by atoms with van der Waals surface area (Å²) in [5.74, 6) is -0.829. The normalized spacial score (nSPS) is 14.4. The third kappa shape index (κ3) is 7.14. The fourth-order valence-corrected chi connectivity index (χ4v) is 4.80. The lowest BCUT2D eigenvalue weighted by Gasteiger charge is -2.16. The van der Waals surface area contributed by atoms with Crippen molar-refractivity contribution in [2.45, 2.75) is 12.8 Å². The maximum absolute atomic E-state index is 13.1. The van der Waals surface area contributed by atoms with Gasteiger partial charge in [0, 0.05) is 10.6 Å². The lowest BCUT2D eigenvalue weighted by Crippen LogP contribution is -2.36. The molecule has 1 aliphatic heterocycles. The number of carbonyl (C=O) groups is 3. The van der Waals surface area contributed by atoms with E-state index in [1.54, 1.807) is 24.3 Å². The van der Waals surface area contributed by atoms with Crippen LogP contribution in [0.25, 0.3) is 6.08 Å². The molecule has 3 aromatic carbocycles. The number of hydrogen-bond acceptors (Lipinski definition) is 7. The minimum atomic E-state index is -4.65. The highest BCUT2D eigenvalue weighted by Gasteiger charge is 2.37. The molecule has 0 radical (unpaired) electrons. The number of hydrogen-bond donors (Lipinski definition) is 1. The molecule has 214 valence electrons. The Kier molecular flexibility index (Phi) is 9.14. The van der Waals surface area contributed by atoms with E-state index >= 15 is 0 Å². The number of benzene rings is 3. The van der Waals surface area contributed by atoms with Gasteiger partial charge >= 0.3 is 6.18 Å². The second-order valence-electron chi connectivity index (χ2n) is 8.52. The zero-order valence-electron chi connectivity index (χ0n) is 21.6. The molecule has 41 heavy (non-hydrogen) atoms. The van der Waals surface area contributed by atoms with Crippen molar-refractivity contribution in [3.05, 3.63) is 87.3 Å². The predicted molar refractivity (Wildman–Crippen MR) is 148 cm³/mol. The van der Waals surface area contributed by atoms with Crippen LogP contribution in [-0.4, -0.2) is 42.7 Å². The standard InChI is InChI=1S/C28H22ClF3N2O6S/c1-38-21-10-8-18(28(30,31)32)13-20(21)33-25(35)14-34-26(36)24(41-27(34)37)12-16-7-9-22(23(11-16)39-2)40-15-17-5-3-4-6-19(17)29/h3-13H,14-15H2,1-2H3,(H,33,35)/b24-12-. The number of halogens is 4. The smallest absolute Gasteiger partial charge is 0.416 e. The quantitative estimate of drug-likeness (QED) is 0.273. The summed E-state index contributed by atoms with van der Waals surface area (Å²) in [4.78, 5) is 38.8. The van der Waals surface area contributed by atoms with Gasteiger partial charge in [-0.3, -0.25) is 19.3 Å². The van der Waals surface area contributed by atoms with E-state index in [9.17, 15) is 27.6 Å². The number of methoxy groups -OCH3 is 2. The van der Waals surface area contributed by atoms with Gasteiger partial charge in [-0.1, -0.05) is 35.9 Å². The van der Waals surface area contributed by atoms with Crippen molar-refractivity contribution in [1.82, 2.24) is 4.90 Å². The molecule has 0 aliphatic carbocycles. The summed E-state index contributed by atoms with van der Waals surface area (Å²) in [6.07, 6.45) is -3.19. The van der Waals surface area contributed by atoms with Gasteiger partial charge in [0.05, 0.1) is 30.4 Å². The number of ether oxygens (including phenoxy) is 3. The van der Waals surface area contributed by atoms with Crippen molar-refractivity contribution in [2.75, 3.05) is 26.1 Å². The molecule has 0 unspecified atom stereocenters. The number of thioether (sulfide) groups is 1. The van der Waals surface area contributed by atoms with E-state index in [0.717, 1.165) is 17.7 Å². The molecule has 1 aliphatic rings. The molecule has 1 fully saturated rings. The summed E-state index contributed by atoms with van der Waals surface area (Å²) in [6.45, 7) is -0.512. The van der Waals surface area contributed by atoms with Gasteiger partial charge in [0.1, 0.15) is 18.9 Å². The number of imide groups is 1. The molecule has 1 saturated heterocycles. The Morgan fingerprint density at radius 1 is 1.00 bits per heavy atom. The summed E-state index contributed by atoms with van der Waals surface area (Å²) in [6, 6.07) is 14.7. The zero-order chi connectivity index (χ0) is 29.7. The molecule has 0 spiro atoms. The van der Waals surface area contributed by atoms with Crippen LogP contribution in [0.2, 0.25) is 5.02 Å². The van der Waals surface area contributed by atoms with Crippen molar-refractivity contribution in [2.24, 2.45) is 0 Å². The molecule has 0 saturated carbocycles. The fraction of sp³-hybridized carbons (Fsp3) is 0.179. The monoisotopic (exact) mass is 606 g/mol. The van der Waals surface area contributed by atoms with Crippen molar-refractivity contribution in [3.63, 3.8) is 0 Å². The van der Waals surface area contributed by atoms with Crippen molar-refractivity contribution in [3.8, 4) is 17.2 Å². The number of anilines is 1. The minimum absolute atomic E-state index is 0.0198. The van der Waals surface area contributed by atoms with Crippen LogP contribution in [-0.2, 0) is 22.4 Å². The fourth-order valence-electron chi connectivity index (χ4n) is 3.77. The minimum Gasteiger partial charge on any atom is -0.495 e. The molecular formula is C28H22ClF3N2O6S. The average molecular weight is 607 g/mol. The third-order valence-electron chi connectivity index (χ3n) is 5.80. The Morgan fingerprint density at radius 3 is 2.39 bits per heavy atom. The second kappa shape index (κ2) is 12.6. The summed E-state index contributed by atoms with van der Waals surface area (Å²) >= 11 is 6.80. The van der Waals surface area contributed by atoms with Crippen LogP contribution >= 0.6 is 23.4 Å². The summed E-state index contributed by atoms with van der Waals surface area (Å²) < 4.78 is 55.6. The van der Waals surface area contributed by atoms with Gasteiger partial charge in [-0.05, 0) is 59.8 Å². The van der Waals surface area contributed by atoms with E-state index in [-0.39, 0.29) is 22.9 Å². The van der Waals surface area contributed by atoms with E-state index in [4.69, 9.17) is 25.8 Å². The van der Waals surface area contributed by atoms with Crippen molar-refractivity contribution < 1.29 is 41.8 Å². The van der Waals surface area contributed by atoms with Crippen LogP contribution in [0.3, 0.4) is 0 Å². The number of alkyl halides is 3. The Hall–Kier alpha value is -4.16. The maximum Gasteiger partial charge on any atom is 0.416 e. The molecule has 1 heterocycles. The SMILES string of the molecule is COc1ccc(C(F)(F)F)cc1NC(=O)CN1C(=O)S/C(=C\c2ccc(OCc3ccccc3Cl)c(OC)c2)C1=O. The van der Waals surface area contributed by atoms with Gasteiger partial charge in [0.2, 0.25) is 5.91 Å². The summed E-state index contributed by atoms with van der Waals surface area (Å²) in [5, 5.41) is 2.13. The molecule has 3 amide bonds. The maximum atomic E-state index is 13.1. The third-order valence-corrected chi connectivity index (χ3v) is 7.08. The van der Waals surface area contributed by atoms with Crippen LogP contribution in [0.1, 0.15) is 16.7 Å². The number of amides is 3. The first kappa shape index (κ1) is 29.8. The average Bonchev–Trinajstić information content (AvgIpc) is 3.19. The number of rotatable bonds is 9. The van der Waals surface area contributed by atoms with E-state index in [0.29, 0.717) is 44.8 Å². The lowest BCUT2D eigenvalue weighted by atomic mass is 10.1. The lowest BCUT2D eigenvalue weighted by molar-refractivity contribution is -0.137. The van der Waals surface area contributed by atoms with E-state index in [1.165, 1.54) is 20.3 Å². The highest BCUT2D eigenvalue weighted by atomic mass is 35.5. The summed E-state index contributed by atoms with van der Waals surface area (Å²) in [5.41, 5.74) is 0.0530. The van der Waals surface area contributed by atoms with Gasteiger partial charge in [-0.2, -0.15) is 13.2 Å². The van der Waals surface area contributed by atoms with E-state index in [1.807, 2.05) is 18.2 Å².